The molecule has 0 aromatic carbocycles. The zero-order valence-electron chi connectivity index (χ0n) is 12.2. The molecule has 3 aliphatic rings. The van der Waals surface area contributed by atoms with Gasteiger partial charge in [0.1, 0.15) is 0 Å². The van der Waals surface area contributed by atoms with Crippen molar-refractivity contribution in [2.45, 2.75) is 38.5 Å². The summed E-state index contributed by atoms with van der Waals surface area (Å²) in [6.45, 7) is 5.02. The van der Waals surface area contributed by atoms with Crippen molar-refractivity contribution in [2.75, 3.05) is 39.3 Å². The molecule has 3 fully saturated rings. The molecule has 3 heterocycles. The first-order chi connectivity index (χ1) is 9.71. The Kier molecular flexibility index (Phi) is 3.96. The Morgan fingerprint density at radius 2 is 1.55 bits per heavy atom. The van der Waals surface area contributed by atoms with Crippen LogP contribution < -0.4 is 5.32 Å². The Morgan fingerprint density at radius 1 is 0.950 bits per heavy atom. The normalized spacial score (nSPS) is 30.2. The lowest BCUT2D eigenvalue weighted by molar-refractivity contribution is -0.146. The first-order valence-corrected chi connectivity index (χ1v) is 7.99. The van der Waals surface area contributed by atoms with E-state index >= 15 is 0 Å². The minimum Gasteiger partial charge on any atom is -0.343 e. The maximum Gasteiger partial charge on any atom is 0.230 e. The minimum atomic E-state index is -0.468. The third-order valence-corrected chi connectivity index (χ3v) is 5.04. The second-order valence-electron chi connectivity index (χ2n) is 6.47. The molecule has 0 aliphatic carbocycles. The fraction of sp³-hybridized carbons (Fsp3) is 0.867. The highest BCUT2D eigenvalue weighted by Gasteiger charge is 2.46. The molecule has 1 atom stereocenters. The molecular formula is C15H25N3O2. The number of rotatable bonds is 3. The highest BCUT2D eigenvalue weighted by atomic mass is 16.2. The van der Waals surface area contributed by atoms with Crippen LogP contribution >= 0.6 is 0 Å². The van der Waals surface area contributed by atoms with Crippen LogP contribution in [0.5, 0.6) is 0 Å². The highest BCUT2D eigenvalue weighted by molar-refractivity contribution is 5.89. The standard InChI is InChI=1S/C15H25N3O2/c19-13(17-7-1-2-8-17)11-15(5-6-16-12-15)14(20)18-9-3-4-10-18/h16H,1-12H2. The fourth-order valence-electron chi connectivity index (χ4n) is 3.78. The molecular weight excluding hydrogens is 254 g/mol. The summed E-state index contributed by atoms with van der Waals surface area (Å²) in [5.74, 6) is 0.395. The maximum absolute atomic E-state index is 12.8. The number of likely N-dealkylation sites (tertiary alicyclic amines) is 2. The molecule has 0 spiro atoms. The average Bonchev–Trinajstić information content (AvgIpc) is 3.20. The van der Waals surface area contributed by atoms with Crippen LogP contribution in [0.15, 0.2) is 0 Å². The molecule has 0 aromatic heterocycles. The zero-order valence-corrected chi connectivity index (χ0v) is 12.2. The van der Waals surface area contributed by atoms with Crippen LogP contribution in [0.3, 0.4) is 0 Å². The van der Waals surface area contributed by atoms with Crippen molar-refractivity contribution in [1.29, 1.82) is 0 Å². The second-order valence-corrected chi connectivity index (χ2v) is 6.47. The van der Waals surface area contributed by atoms with Gasteiger partial charge in [-0.15, -0.1) is 0 Å². The van der Waals surface area contributed by atoms with E-state index in [9.17, 15) is 9.59 Å². The van der Waals surface area contributed by atoms with E-state index in [2.05, 4.69) is 5.32 Å². The number of carbonyl (C=O) groups is 2. The van der Waals surface area contributed by atoms with E-state index in [4.69, 9.17) is 0 Å². The van der Waals surface area contributed by atoms with Gasteiger partial charge in [-0.1, -0.05) is 0 Å². The minimum absolute atomic E-state index is 0.179. The van der Waals surface area contributed by atoms with Gasteiger partial charge in [0.05, 0.1) is 5.41 Å². The van der Waals surface area contributed by atoms with E-state index in [0.29, 0.717) is 13.0 Å². The molecule has 20 heavy (non-hydrogen) atoms. The molecule has 0 aromatic rings. The Labute approximate surface area is 120 Å². The Morgan fingerprint density at radius 3 is 2.10 bits per heavy atom. The lowest BCUT2D eigenvalue weighted by atomic mass is 9.81. The van der Waals surface area contributed by atoms with E-state index in [1.165, 1.54) is 0 Å². The predicted octanol–water partition coefficient (Wildman–Crippen LogP) is 0.601. The van der Waals surface area contributed by atoms with Crippen LogP contribution in [0, 0.1) is 5.41 Å². The lowest BCUT2D eigenvalue weighted by Crippen LogP contribution is -2.47. The van der Waals surface area contributed by atoms with Gasteiger partial charge in [0.25, 0.3) is 0 Å². The van der Waals surface area contributed by atoms with Crippen molar-refractivity contribution in [2.24, 2.45) is 5.41 Å². The summed E-state index contributed by atoms with van der Waals surface area (Å²) in [6.07, 6.45) is 5.63. The summed E-state index contributed by atoms with van der Waals surface area (Å²) >= 11 is 0. The number of nitrogens with one attached hydrogen (secondary N) is 1. The molecule has 112 valence electrons. The largest absolute Gasteiger partial charge is 0.343 e. The molecule has 3 aliphatic heterocycles. The van der Waals surface area contributed by atoms with Gasteiger partial charge in [0.15, 0.2) is 0 Å². The van der Waals surface area contributed by atoms with Crippen LogP contribution in [0.4, 0.5) is 0 Å². The van der Waals surface area contributed by atoms with Gasteiger partial charge in [0, 0.05) is 39.1 Å². The van der Waals surface area contributed by atoms with Crippen LogP contribution in [-0.4, -0.2) is 60.9 Å². The SMILES string of the molecule is O=C(CC1(C(=O)N2CCCC2)CCNC1)N1CCCC1. The van der Waals surface area contributed by atoms with Crippen molar-refractivity contribution >= 4 is 11.8 Å². The third-order valence-electron chi connectivity index (χ3n) is 5.04. The molecule has 5 nitrogen and oxygen atoms in total. The van der Waals surface area contributed by atoms with Gasteiger partial charge >= 0.3 is 0 Å². The third kappa shape index (κ3) is 2.55. The van der Waals surface area contributed by atoms with Gasteiger partial charge in [-0.3, -0.25) is 9.59 Å². The maximum atomic E-state index is 12.8. The Hall–Kier alpha value is -1.10. The fourth-order valence-corrected chi connectivity index (χ4v) is 3.78. The van der Waals surface area contributed by atoms with Gasteiger partial charge in [-0.2, -0.15) is 0 Å². The Balaban J connectivity index is 1.70. The number of amides is 2. The lowest BCUT2D eigenvalue weighted by Gasteiger charge is -2.32. The van der Waals surface area contributed by atoms with Crippen molar-refractivity contribution in [1.82, 2.24) is 15.1 Å². The smallest absolute Gasteiger partial charge is 0.230 e. The average molecular weight is 279 g/mol. The van der Waals surface area contributed by atoms with Crippen LogP contribution in [0.25, 0.3) is 0 Å². The summed E-state index contributed by atoms with van der Waals surface area (Å²) in [4.78, 5) is 29.2. The summed E-state index contributed by atoms with van der Waals surface area (Å²) in [5, 5.41) is 3.30. The summed E-state index contributed by atoms with van der Waals surface area (Å²) in [5.41, 5.74) is -0.468. The number of carbonyl (C=O) groups excluding carboxylic acids is 2. The molecule has 0 radical (unpaired) electrons. The molecule has 1 unspecified atom stereocenters. The Bertz CT molecular complexity index is 379. The quantitative estimate of drug-likeness (QED) is 0.823. The number of hydrogen-bond acceptors (Lipinski definition) is 3. The highest BCUT2D eigenvalue weighted by Crippen LogP contribution is 2.34. The molecule has 0 saturated carbocycles. The van der Waals surface area contributed by atoms with Gasteiger partial charge < -0.3 is 15.1 Å². The first kappa shape index (κ1) is 13.9. The molecule has 3 rings (SSSR count). The van der Waals surface area contributed by atoms with Crippen molar-refractivity contribution in [3.8, 4) is 0 Å². The molecule has 0 bridgehead atoms. The summed E-state index contributed by atoms with van der Waals surface area (Å²) < 4.78 is 0. The summed E-state index contributed by atoms with van der Waals surface area (Å²) in [7, 11) is 0. The summed E-state index contributed by atoms with van der Waals surface area (Å²) in [6, 6.07) is 0. The van der Waals surface area contributed by atoms with E-state index in [-0.39, 0.29) is 11.8 Å². The number of hydrogen-bond donors (Lipinski definition) is 1. The topological polar surface area (TPSA) is 52.7 Å². The van der Waals surface area contributed by atoms with Gasteiger partial charge in [0.2, 0.25) is 11.8 Å². The molecule has 2 amide bonds. The van der Waals surface area contributed by atoms with Crippen LogP contribution in [0.2, 0.25) is 0 Å². The van der Waals surface area contributed by atoms with E-state index in [0.717, 1.165) is 64.8 Å². The van der Waals surface area contributed by atoms with Gasteiger partial charge in [-0.25, -0.2) is 0 Å². The molecule has 3 saturated heterocycles. The number of nitrogens with zero attached hydrogens (tertiary/aromatic N) is 2. The first-order valence-electron chi connectivity index (χ1n) is 7.99. The monoisotopic (exact) mass is 279 g/mol. The van der Waals surface area contributed by atoms with E-state index in [1.807, 2.05) is 9.80 Å². The van der Waals surface area contributed by atoms with Crippen molar-refractivity contribution < 1.29 is 9.59 Å². The zero-order chi connectivity index (χ0) is 14.0. The van der Waals surface area contributed by atoms with Crippen LogP contribution in [0.1, 0.15) is 38.5 Å². The van der Waals surface area contributed by atoms with Crippen LogP contribution in [-0.2, 0) is 9.59 Å². The molecule has 1 N–H and O–H groups in total. The second kappa shape index (κ2) is 5.72. The van der Waals surface area contributed by atoms with E-state index < -0.39 is 5.41 Å². The molecule has 5 heteroatoms. The van der Waals surface area contributed by atoms with Crippen molar-refractivity contribution in [3.63, 3.8) is 0 Å². The van der Waals surface area contributed by atoms with Gasteiger partial charge in [-0.05, 0) is 38.6 Å². The van der Waals surface area contributed by atoms with E-state index in [1.54, 1.807) is 0 Å². The predicted molar refractivity (Wildman–Crippen MR) is 76.2 cm³/mol. The van der Waals surface area contributed by atoms with Crippen molar-refractivity contribution in [3.05, 3.63) is 0 Å².